The number of halogens is 1. The van der Waals surface area contributed by atoms with Crippen molar-refractivity contribution in [1.82, 2.24) is 5.32 Å². The molecule has 0 spiro atoms. The molecule has 0 saturated heterocycles. The van der Waals surface area contributed by atoms with Crippen LogP contribution in [0.4, 0.5) is 9.18 Å². The lowest BCUT2D eigenvalue weighted by Gasteiger charge is -2.27. The molecule has 4 rings (SSSR count). The number of alkyl carbamates (subject to hydrolysis) is 1. The van der Waals surface area contributed by atoms with E-state index < -0.39 is 23.4 Å². The fourth-order valence-corrected chi connectivity index (χ4v) is 3.94. The van der Waals surface area contributed by atoms with Crippen LogP contribution >= 0.6 is 0 Å². The maximum absolute atomic E-state index is 14.2. The zero-order valence-electron chi connectivity index (χ0n) is 16.3. The van der Waals surface area contributed by atoms with Crippen LogP contribution in [0, 0.1) is 5.82 Å². The molecular formula is C24H20FNO4. The highest BCUT2D eigenvalue weighted by Crippen LogP contribution is 2.44. The molecule has 0 aliphatic heterocycles. The number of carbonyl (C=O) groups excluding carboxylic acids is 1. The molecule has 1 amide bonds. The number of ether oxygens (including phenoxy) is 1. The van der Waals surface area contributed by atoms with Crippen LogP contribution in [0.25, 0.3) is 11.1 Å². The molecule has 0 fully saturated rings. The third kappa shape index (κ3) is 3.30. The molecule has 30 heavy (non-hydrogen) atoms. The summed E-state index contributed by atoms with van der Waals surface area (Å²) in [6.07, 6.45) is -0.926. The second-order valence-corrected chi connectivity index (χ2v) is 7.36. The summed E-state index contributed by atoms with van der Waals surface area (Å²) < 4.78 is 19.6. The molecule has 3 aromatic rings. The number of carbonyl (C=O) groups is 2. The van der Waals surface area contributed by atoms with Gasteiger partial charge in [0.25, 0.3) is 0 Å². The maximum atomic E-state index is 14.2. The highest BCUT2D eigenvalue weighted by atomic mass is 19.1. The maximum Gasteiger partial charge on any atom is 0.408 e. The van der Waals surface area contributed by atoms with Gasteiger partial charge in [-0.15, -0.1) is 0 Å². The zero-order chi connectivity index (χ0) is 21.3. The Bertz CT molecular complexity index is 1080. The van der Waals surface area contributed by atoms with Crippen molar-refractivity contribution in [1.29, 1.82) is 0 Å². The van der Waals surface area contributed by atoms with Crippen LogP contribution in [0.2, 0.25) is 0 Å². The van der Waals surface area contributed by atoms with Crippen LogP contribution in [0.3, 0.4) is 0 Å². The number of amides is 1. The van der Waals surface area contributed by atoms with Gasteiger partial charge in [0.2, 0.25) is 0 Å². The Kier molecular flexibility index (Phi) is 4.99. The number of carboxylic acid groups (broad SMARTS) is 1. The average molecular weight is 405 g/mol. The van der Waals surface area contributed by atoms with Crippen molar-refractivity contribution in [2.75, 3.05) is 6.61 Å². The Morgan fingerprint density at radius 2 is 1.50 bits per heavy atom. The molecule has 1 unspecified atom stereocenters. The predicted octanol–water partition coefficient (Wildman–Crippen LogP) is 4.66. The minimum absolute atomic E-state index is 0.0346. The van der Waals surface area contributed by atoms with Gasteiger partial charge in [0.15, 0.2) is 5.54 Å². The van der Waals surface area contributed by atoms with Gasteiger partial charge in [0.1, 0.15) is 12.4 Å². The van der Waals surface area contributed by atoms with E-state index in [4.69, 9.17) is 4.74 Å². The highest BCUT2D eigenvalue weighted by molar-refractivity contribution is 5.85. The van der Waals surface area contributed by atoms with Crippen LogP contribution < -0.4 is 5.32 Å². The predicted molar refractivity (Wildman–Crippen MR) is 110 cm³/mol. The van der Waals surface area contributed by atoms with Crippen LogP contribution in [0.5, 0.6) is 0 Å². The molecule has 0 radical (unpaired) electrons. The molecule has 0 heterocycles. The molecule has 6 heteroatoms. The van der Waals surface area contributed by atoms with E-state index in [1.165, 1.54) is 25.1 Å². The molecule has 1 aliphatic carbocycles. The summed E-state index contributed by atoms with van der Waals surface area (Å²) in [5.74, 6) is -2.27. The lowest BCUT2D eigenvalue weighted by atomic mass is 9.92. The fraction of sp³-hybridized carbons (Fsp3) is 0.167. The second kappa shape index (κ2) is 7.63. The van der Waals surface area contributed by atoms with Crippen LogP contribution in [-0.2, 0) is 15.1 Å². The quantitative estimate of drug-likeness (QED) is 0.647. The Morgan fingerprint density at radius 1 is 0.967 bits per heavy atom. The molecule has 1 atom stereocenters. The van der Waals surface area contributed by atoms with Crippen molar-refractivity contribution in [3.63, 3.8) is 0 Å². The van der Waals surface area contributed by atoms with Crippen molar-refractivity contribution >= 4 is 12.1 Å². The van der Waals surface area contributed by atoms with E-state index in [1.54, 1.807) is 0 Å². The van der Waals surface area contributed by atoms with E-state index in [0.29, 0.717) is 0 Å². The standard InChI is InChI=1S/C24H20FNO4/c1-24(22(27)28,20-12-6-7-13-21(20)25)26-23(29)30-14-19-17-10-4-2-8-15(17)16-9-3-5-11-18(16)19/h2-13,19H,14H2,1H3,(H,26,29)(H,27,28). The minimum atomic E-state index is -1.96. The van der Waals surface area contributed by atoms with E-state index in [2.05, 4.69) is 5.32 Å². The van der Waals surface area contributed by atoms with Gasteiger partial charge in [-0.2, -0.15) is 0 Å². The summed E-state index contributed by atoms with van der Waals surface area (Å²) in [4.78, 5) is 24.4. The topological polar surface area (TPSA) is 75.6 Å². The third-order valence-electron chi connectivity index (χ3n) is 5.54. The van der Waals surface area contributed by atoms with Crippen LogP contribution in [0.15, 0.2) is 72.8 Å². The summed E-state index contributed by atoms with van der Waals surface area (Å²) in [5.41, 5.74) is 2.15. The first-order valence-electron chi connectivity index (χ1n) is 9.53. The number of benzene rings is 3. The molecule has 3 aromatic carbocycles. The number of hydrogen-bond donors (Lipinski definition) is 2. The van der Waals surface area contributed by atoms with Crippen LogP contribution in [-0.4, -0.2) is 23.8 Å². The summed E-state index contributed by atoms with van der Waals surface area (Å²) in [7, 11) is 0. The first-order valence-corrected chi connectivity index (χ1v) is 9.53. The van der Waals surface area contributed by atoms with Crippen molar-refractivity contribution in [3.05, 3.63) is 95.3 Å². The van der Waals surface area contributed by atoms with E-state index in [9.17, 15) is 19.1 Å². The van der Waals surface area contributed by atoms with E-state index in [-0.39, 0.29) is 18.1 Å². The molecule has 2 N–H and O–H groups in total. The lowest BCUT2D eigenvalue weighted by Crippen LogP contribution is -2.50. The normalized spacial score (nSPS) is 14.3. The van der Waals surface area contributed by atoms with Gasteiger partial charge in [0, 0.05) is 11.5 Å². The first-order chi connectivity index (χ1) is 14.4. The Morgan fingerprint density at radius 3 is 2.07 bits per heavy atom. The van der Waals surface area contributed by atoms with Crippen molar-refractivity contribution in [3.8, 4) is 11.1 Å². The molecule has 0 aromatic heterocycles. The molecule has 0 saturated carbocycles. The summed E-state index contributed by atoms with van der Waals surface area (Å²) in [5, 5.41) is 12.0. The summed E-state index contributed by atoms with van der Waals surface area (Å²) in [6, 6.07) is 21.2. The van der Waals surface area contributed by atoms with E-state index in [0.717, 1.165) is 28.3 Å². The SMILES string of the molecule is CC(NC(=O)OCC1c2ccccc2-c2ccccc21)(C(=O)O)c1ccccc1F. The molecule has 152 valence electrons. The van der Waals surface area contributed by atoms with Gasteiger partial charge >= 0.3 is 12.1 Å². The van der Waals surface area contributed by atoms with Crippen LogP contribution in [0.1, 0.15) is 29.5 Å². The number of aliphatic carboxylic acids is 1. The minimum Gasteiger partial charge on any atom is -0.479 e. The van der Waals surface area contributed by atoms with E-state index >= 15 is 0 Å². The molecule has 0 bridgehead atoms. The van der Waals surface area contributed by atoms with Gasteiger partial charge in [-0.25, -0.2) is 14.0 Å². The monoisotopic (exact) mass is 405 g/mol. The zero-order valence-corrected chi connectivity index (χ0v) is 16.3. The summed E-state index contributed by atoms with van der Waals surface area (Å²) in [6.45, 7) is 1.27. The van der Waals surface area contributed by atoms with Crippen molar-refractivity contribution in [2.45, 2.75) is 18.4 Å². The number of nitrogens with one attached hydrogen (secondary N) is 1. The smallest absolute Gasteiger partial charge is 0.408 e. The second-order valence-electron chi connectivity index (χ2n) is 7.36. The molecule has 5 nitrogen and oxygen atoms in total. The highest BCUT2D eigenvalue weighted by Gasteiger charge is 2.40. The molecular weight excluding hydrogens is 385 g/mol. The van der Waals surface area contributed by atoms with Crippen molar-refractivity contribution < 1.29 is 23.8 Å². The number of rotatable bonds is 5. The van der Waals surface area contributed by atoms with Gasteiger partial charge in [0.05, 0.1) is 0 Å². The van der Waals surface area contributed by atoms with Gasteiger partial charge < -0.3 is 15.2 Å². The largest absolute Gasteiger partial charge is 0.479 e. The summed E-state index contributed by atoms with van der Waals surface area (Å²) >= 11 is 0. The lowest BCUT2D eigenvalue weighted by molar-refractivity contribution is -0.144. The number of fused-ring (bicyclic) bond motifs is 3. The average Bonchev–Trinajstić information content (AvgIpc) is 3.06. The van der Waals surface area contributed by atoms with Gasteiger partial charge in [-0.05, 0) is 35.2 Å². The third-order valence-corrected chi connectivity index (χ3v) is 5.54. The Hall–Kier alpha value is -3.67. The van der Waals surface area contributed by atoms with Crippen molar-refractivity contribution in [2.24, 2.45) is 0 Å². The van der Waals surface area contributed by atoms with E-state index in [1.807, 2.05) is 48.5 Å². The number of hydrogen-bond acceptors (Lipinski definition) is 3. The Labute approximate surface area is 173 Å². The van der Waals surface area contributed by atoms with Gasteiger partial charge in [-0.3, -0.25) is 0 Å². The molecule has 1 aliphatic rings. The Balaban J connectivity index is 1.54. The number of carboxylic acids is 1. The fourth-order valence-electron chi connectivity index (χ4n) is 3.94. The first kappa shape index (κ1) is 19.6. The van der Waals surface area contributed by atoms with Gasteiger partial charge in [-0.1, -0.05) is 66.7 Å².